The Hall–Kier alpha value is -1.36. The van der Waals surface area contributed by atoms with Crippen LogP contribution in [0.15, 0.2) is 28.7 Å². The third-order valence-corrected chi connectivity index (χ3v) is 3.25. The Morgan fingerprint density at radius 2 is 2.05 bits per heavy atom. The van der Waals surface area contributed by atoms with Crippen molar-refractivity contribution in [2.24, 2.45) is 0 Å². The van der Waals surface area contributed by atoms with E-state index in [1.165, 1.54) is 5.56 Å². The molecule has 0 fully saturated rings. The van der Waals surface area contributed by atoms with Crippen LogP contribution in [0.2, 0.25) is 0 Å². The Morgan fingerprint density at radius 3 is 2.80 bits per heavy atom. The Labute approximate surface area is 120 Å². The Balaban J connectivity index is 2.11. The van der Waals surface area contributed by atoms with E-state index in [2.05, 4.69) is 23.2 Å². The number of benzene rings is 1. The topological polar surface area (TPSA) is 37.6 Å². The quantitative estimate of drug-likeness (QED) is 0.752. The van der Waals surface area contributed by atoms with Gasteiger partial charge in [-0.05, 0) is 26.7 Å². The molecule has 2 rings (SSSR count). The highest BCUT2D eigenvalue weighted by Crippen LogP contribution is 2.26. The van der Waals surface area contributed by atoms with E-state index >= 15 is 0 Å². The van der Waals surface area contributed by atoms with E-state index in [1.54, 1.807) is 0 Å². The van der Waals surface area contributed by atoms with Gasteiger partial charge in [0.15, 0.2) is 0 Å². The van der Waals surface area contributed by atoms with E-state index in [0.717, 1.165) is 43.0 Å². The number of hydrogen-bond acceptors (Lipinski definition) is 4. The molecule has 0 radical (unpaired) electrons. The summed E-state index contributed by atoms with van der Waals surface area (Å²) < 4.78 is 11.7. The standard InChI is InChI=1S/C16H24N2O2/c1-4-17-11-16-14(12-19-10-9-18(2)3)13-7-5-6-8-15(13)20-16/h5-8,17H,4,9-12H2,1-3H3. The third-order valence-electron chi connectivity index (χ3n) is 3.25. The number of nitrogens with zero attached hydrogens (tertiary/aromatic N) is 1. The van der Waals surface area contributed by atoms with Crippen molar-refractivity contribution in [1.29, 1.82) is 0 Å². The van der Waals surface area contributed by atoms with Crippen molar-refractivity contribution in [2.45, 2.75) is 20.1 Å². The van der Waals surface area contributed by atoms with Gasteiger partial charge in [0.2, 0.25) is 0 Å². The van der Waals surface area contributed by atoms with E-state index in [4.69, 9.17) is 9.15 Å². The first-order valence-corrected chi connectivity index (χ1v) is 7.14. The monoisotopic (exact) mass is 276 g/mol. The Morgan fingerprint density at radius 1 is 1.25 bits per heavy atom. The van der Waals surface area contributed by atoms with Crippen LogP contribution in [0, 0.1) is 0 Å². The first kappa shape index (κ1) is 15.0. The van der Waals surface area contributed by atoms with Gasteiger partial charge in [-0.1, -0.05) is 25.1 Å². The average molecular weight is 276 g/mol. The SMILES string of the molecule is CCNCc1oc2ccccc2c1COCCN(C)C. The highest BCUT2D eigenvalue weighted by atomic mass is 16.5. The normalized spacial score (nSPS) is 11.6. The van der Waals surface area contributed by atoms with E-state index in [-0.39, 0.29) is 0 Å². The molecule has 4 nitrogen and oxygen atoms in total. The minimum Gasteiger partial charge on any atom is -0.459 e. The fourth-order valence-corrected chi connectivity index (χ4v) is 2.11. The second kappa shape index (κ2) is 7.43. The molecule has 1 heterocycles. The molecule has 0 spiro atoms. The van der Waals surface area contributed by atoms with Gasteiger partial charge in [-0.3, -0.25) is 0 Å². The van der Waals surface area contributed by atoms with Gasteiger partial charge in [-0.2, -0.15) is 0 Å². The molecule has 4 heteroatoms. The van der Waals surface area contributed by atoms with Crippen molar-refractivity contribution in [3.63, 3.8) is 0 Å². The highest BCUT2D eigenvalue weighted by Gasteiger charge is 2.13. The summed E-state index contributed by atoms with van der Waals surface area (Å²) in [4.78, 5) is 2.12. The molecule has 2 aromatic rings. The van der Waals surface area contributed by atoms with Crippen LogP contribution in [-0.4, -0.2) is 38.7 Å². The predicted molar refractivity (Wildman–Crippen MR) is 81.8 cm³/mol. The third kappa shape index (κ3) is 3.82. The first-order valence-electron chi connectivity index (χ1n) is 7.14. The van der Waals surface area contributed by atoms with E-state index in [0.29, 0.717) is 6.61 Å². The van der Waals surface area contributed by atoms with Crippen molar-refractivity contribution in [3.8, 4) is 0 Å². The molecule has 0 aliphatic carbocycles. The van der Waals surface area contributed by atoms with E-state index < -0.39 is 0 Å². The second-order valence-electron chi connectivity index (χ2n) is 5.14. The van der Waals surface area contributed by atoms with Crippen molar-refractivity contribution < 1.29 is 9.15 Å². The number of para-hydroxylation sites is 1. The number of furan rings is 1. The lowest BCUT2D eigenvalue weighted by molar-refractivity contribution is 0.105. The van der Waals surface area contributed by atoms with Gasteiger partial charge in [-0.15, -0.1) is 0 Å². The molecule has 0 amide bonds. The molecule has 0 aliphatic rings. The van der Waals surface area contributed by atoms with Crippen LogP contribution in [0.3, 0.4) is 0 Å². The fraction of sp³-hybridized carbons (Fsp3) is 0.500. The van der Waals surface area contributed by atoms with Crippen LogP contribution >= 0.6 is 0 Å². The van der Waals surface area contributed by atoms with Crippen LogP contribution < -0.4 is 5.32 Å². The van der Waals surface area contributed by atoms with Crippen molar-refractivity contribution in [2.75, 3.05) is 33.8 Å². The molecule has 0 saturated carbocycles. The van der Waals surface area contributed by atoms with E-state index in [9.17, 15) is 0 Å². The summed E-state index contributed by atoms with van der Waals surface area (Å²) in [5.74, 6) is 0.984. The Bertz CT molecular complexity index is 534. The number of rotatable bonds is 8. The lowest BCUT2D eigenvalue weighted by atomic mass is 10.1. The van der Waals surface area contributed by atoms with Crippen LogP contribution in [0.4, 0.5) is 0 Å². The number of ether oxygens (including phenoxy) is 1. The van der Waals surface area contributed by atoms with Gasteiger partial charge in [0, 0.05) is 17.5 Å². The minimum atomic E-state index is 0.603. The second-order valence-corrected chi connectivity index (χ2v) is 5.14. The minimum absolute atomic E-state index is 0.603. The zero-order valence-corrected chi connectivity index (χ0v) is 12.6. The van der Waals surface area contributed by atoms with Crippen LogP contribution in [-0.2, 0) is 17.9 Å². The molecule has 1 aromatic heterocycles. The average Bonchev–Trinajstić information content (AvgIpc) is 2.79. The number of hydrogen-bond donors (Lipinski definition) is 1. The molecule has 110 valence electrons. The molecule has 0 aliphatic heterocycles. The van der Waals surface area contributed by atoms with Crippen molar-refractivity contribution in [1.82, 2.24) is 10.2 Å². The summed E-state index contributed by atoms with van der Waals surface area (Å²) in [5.41, 5.74) is 2.10. The van der Waals surface area contributed by atoms with Gasteiger partial charge in [0.05, 0.1) is 19.8 Å². The molecule has 0 unspecified atom stereocenters. The summed E-state index contributed by atoms with van der Waals surface area (Å²) in [6.07, 6.45) is 0. The van der Waals surface area contributed by atoms with Gasteiger partial charge in [0.25, 0.3) is 0 Å². The zero-order chi connectivity index (χ0) is 14.4. The summed E-state index contributed by atoms with van der Waals surface area (Å²) in [7, 11) is 4.10. The smallest absolute Gasteiger partial charge is 0.134 e. The first-order chi connectivity index (χ1) is 9.72. The summed E-state index contributed by atoms with van der Waals surface area (Å²) >= 11 is 0. The molecule has 0 saturated heterocycles. The van der Waals surface area contributed by atoms with Crippen LogP contribution in [0.5, 0.6) is 0 Å². The van der Waals surface area contributed by atoms with Crippen molar-refractivity contribution >= 4 is 11.0 Å². The maximum atomic E-state index is 5.93. The summed E-state index contributed by atoms with van der Waals surface area (Å²) in [6, 6.07) is 8.14. The van der Waals surface area contributed by atoms with Crippen LogP contribution in [0.1, 0.15) is 18.2 Å². The Kier molecular flexibility index (Phi) is 5.59. The van der Waals surface area contributed by atoms with Gasteiger partial charge >= 0.3 is 0 Å². The molecular weight excluding hydrogens is 252 g/mol. The molecule has 1 aromatic carbocycles. The molecule has 0 atom stereocenters. The fourth-order valence-electron chi connectivity index (χ4n) is 2.11. The lowest BCUT2D eigenvalue weighted by Gasteiger charge is -2.10. The zero-order valence-electron chi connectivity index (χ0n) is 12.6. The van der Waals surface area contributed by atoms with Gasteiger partial charge in [0.1, 0.15) is 11.3 Å². The largest absolute Gasteiger partial charge is 0.459 e. The van der Waals surface area contributed by atoms with Gasteiger partial charge < -0.3 is 19.4 Å². The number of nitrogens with one attached hydrogen (secondary N) is 1. The van der Waals surface area contributed by atoms with E-state index in [1.807, 2.05) is 32.3 Å². The molecule has 0 bridgehead atoms. The predicted octanol–water partition coefficient (Wildman–Crippen LogP) is 2.62. The van der Waals surface area contributed by atoms with Crippen LogP contribution in [0.25, 0.3) is 11.0 Å². The van der Waals surface area contributed by atoms with Crippen molar-refractivity contribution in [3.05, 3.63) is 35.6 Å². The van der Waals surface area contributed by atoms with Gasteiger partial charge in [-0.25, -0.2) is 0 Å². The lowest BCUT2D eigenvalue weighted by Crippen LogP contribution is -2.18. The summed E-state index contributed by atoms with van der Waals surface area (Å²) in [6.45, 7) is 6.03. The maximum absolute atomic E-state index is 5.93. The maximum Gasteiger partial charge on any atom is 0.134 e. The number of likely N-dealkylation sites (N-methyl/N-ethyl adjacent to an activating group) is 1. The molecular formula is C16H24N2O2. The summed E-state index contributed by atoms with van der Waals surface area (Å²) in [5, 5.41) is 4.47. The number of fused-ring (bicyclic) bond motifs is 1. The highest BCUT2D eigenvalue weighted by molar-refractivity contribution is 5.82. The molecule has 20 heavy (non-hydrogen) atoms. The molecule has 1 N–H and O–H groups in total.